The summed E-state index contributed by atoms with van der Waals surface area (Å²) in [5, 5.41) is 2.74. The number of likely N-dealkylation sites (tertiary alicyclic amines) is 1. The van der Waals surface area contributed by atoms with Crippen molar-refractivity contribution < 1.29 is 14.3 Å². The minimum atomic E-state index is -0.809. The van der Waals surface area contributed by atoms with Gasteiger partial charge in [0.05, 0.1) is 12.6 Å². The second kappa shape index (κ2) is 9.42. The highest BCUT2D eigenvalue weighted by molar-refractivity contribution is 6.32. The van der Waals surface area contributed by atoms with Gasteiger partial charge in [-0.25, -0.2) is 4.79 Å². The first kappa shape index (κ1) is 18.5. The van der Waals surface area contributed by atoms with Gasteiger partial charge in [0, 0.05) is 6.54 Å². The van der Waals surface area contributed by atoms with Gasteiger partial charge in [0.25, 0.3) is 0 Å². The normalized spacial score (nSPS) is 16.9. The summed E-state index contributed by atoms with van der Waals surface area (Å²) < 4.78 is 4.76. The van der Waals surface area contributed by atoms with E-state index in [0.29, 0.717) is 6.54 Å². The molecule has 1 saturated heterocycles. The van der Waals surface area contributed by atoms with Crippen LogP contribution >= 0.6 is 0 Å². The summed E-state index contributed by atoms with van der Waals surface area (Å²) >= 11 is 0. The van der Waals surface area contributed by atoms with Crippen LogP contribution in [0.4, 0.5) is 0 Å². The van der Waals surface area contributed by atoms with Crippen molar-refractivity contribution in [3.05, 3.63) is 35.4 Å². The van der Waals surface area contributed by atoms with Crippen molar-refractivity contribution in [1.82, 2.24) is 10.2 Å². The summed E-state index contributed by atoms with van der Waals surface area (Å²) in [6.45, 7) is 6.42. The maximum atomic E-state index is 11.9. The van der Waals surface area contributed by atoms with Crippen molar-refractivity contribution in [1.29, 1.82) is 0 Å². The summed E-state index contributed by atoms with van der Waals surface area (Å²) in [6, 6.07) is 8.49. The van der Waals surface area contributed by atoms with Gasteiger partial charge in [0.2, 0.25) is 0 Å². The number of ether oxygens (including phenoxy) is 1. The molecular formula is C19H28N2O3. The Labute approximate surface area is 144 Å². The highest BCUT2D eigenvalue weighted by Gasteiger charge is 2.23. The van der Waals surface area contributed by atoms with Gasteiger partial charge in [-0.05, 0) is 45.3 Å². The third-order valence-electron chi connectivity index (χ3n) is 4.46. The zero-order valence-corrected chi connectivity index (χ0v) is 14.7. The van der Waals surface area contributed by atoms with Crippen LogP contribution in [-0.4, -0.2) is 43.0 Å². The fourth-order valence-corrected chi connectivity index (χ4v) is 3.11. The van der Waals surface area contributed by atoms with Gasteiger partial charge >= 0.3 is 11.9 Å². The summed E-state index contributed by atoms with van der Waals surface area (Å²) in [5.74, 6) is -1.47. The number of amides is 1. The molecule has 0 bridgehead atoms. The first-order chi connectivity index (χ1) is 11.6. The molecular weight excluding hydrogens is 304 g/mol. The van der Waals surface area contributed by atoms with Crippen molar-refractivity contribution in [3.63, 3.8) is 0 Å². The number of benzene rings is 1. The van der Waals surface area contributed by atoms with Gasteiger partial charge < -0.3 is 10.1 Å². The monoisotopic (exact) mass is 332 g/mol. The topological polar surface area (TPSA) is 58.6 Å². The molecule has 5 heteroatoms. The van der Waals surface area contributed by atoms with Crippen LogP contribution in [0.15, 0.2) is 24.3 Å². The van der Waals surface area contributed by atoms with Crippen molar-refractivity contribution in [2.45, 2.75) is 45.6 Å². The third kappa shape index (κ3) is 5.34. The lowest BCUT2D eigenvalue weighted by Crippen LogP contribution is -2.41. The molecule has 0 saturated carbocycles. The maximum absolute atomic E-state index is 11.9. The number of carbonyl (C=O) groups excluding carboxylic acids is 2. The van der Waals surface area contributed by atoms with Crippen LogP contribution in [0.5, 0.6) is 0 Å². The van der Waals surface area contributed by atoms with Gasteiger partial charge in [0.1, 0.15) is 0 Å². The van der Waals surface area contributed by atoms with Gasteiger partial charge in [-0.1, -0.05) is 42.7 Å². The highest BCUT2D eigenvalue weighted by Crippen LogP contribution is 2.24. The first-order valence-corrected chi connectivity index (χ1v) is 8.87. The number of hydrogen-bond donors (Lipinski definition) is 1. The van der Waals surface area contributed by atoms with Gasteiger partial charge in [0.15, 0.2) is 0 Å². The molecule has 1 aliphatic heterocycles. The van der Waals surface area contributed by atoms with E-state index >= 15 is 0 Å². The first-order valence-electron chi connectivity index (χ1n) is 8.87. The van der Waals surface area contributed by atoms with Crippen molar-refractivity contribution in [3.8, 4) is 0 Å². The quantitative estimate of drug-likeness (QED) is 0.665. The smallest absolute Gasteiger partial charge is 0.396 e. The maximum Gasteiger partial charge on any atom is 0.396 e. The number of hydrogen-bond acceptors (Lipinski definition) is 4. The fraction of sp³-hybridized carbons (Fsp3) is 0.579. The third-order valence-corrected chi connectivity index (χ3v) is 4.46. The van der Waals surface area contributed by atoms with Crippen LogP contribution in [0.1, 0.15) is 49.8 Å². The lowest BCUT2D eigenvalue weighted by atomic mass is 10.0. The Kier molecular flexibility index (Phi) is 7.25. The second-order valence-corrected chi connectivity index (χ2v) is 6.31. The van der Waals surface area contributed by atoms with Crippen LogP contribution in [0.25, 0.3) is 0 Å². The van der Waals surface area contributed by atoms with Crippen molar-refractivity contribution in [2.24, 2.45) is 0 Å². The van der Waals surface area contributed by atoms with E-state index in [9.17, 15) is 9.59 Å². The lowest BCUT2D eigenvalue weighted by molar-refractivity contribution is -0.154. The SMILES string of the molecule is CCOC(=O)C(=O)NCC(c1ccc(C)cc1)N1CCCCCC1. The van der Waals surface area contributed by atoms with E-state index in [2.05, 4.69) is 41.4 Å². The number of nitrogens with zero attached hydrogens (tertiary/aromatic N) is 1. The Bertz CT molecular complexity index is 534. The lowest BCUT2D eigenvalue weighted by Gasteiger charge is -2.31. The fourth-order valence-electron chi connectivity index (χ4n) is 3.11. The number of aryl methyl sites for hydroxylation is 1. The van der Waals surface area contributed by atoms with Crippen LogP contribution in [0.3, 0.4) is 0 Å². The van der Waals surface area contributed by atoms with Crippen molar-refractivity contribution >= 4 is 11.9 Å². The Morgan fingerprint density at radius 2 is 1.75 bits per heavy atom. The molecule has 1 fully saturated rings. The largest absolute Gasteiger partial charge is 0.459 e. The minimum Gasteiger partial charge on any atom is -0.459 e. The molecule has 132 valence electrons. The second-order valence-electron chi connectivity index (χ2n) is 6.31. The number of rotatable bonds is 5. The molecule has 1 amide bonds. The summed E-state index contributed by atoms with van der Waals surface area (Å²) in [6.07, 6.45) is 4.86. The number of esters is 1. The molecule has 5 nitrogen and oxygen atoms in total. The van der Waals surface area contributed by atoms with E-state index in [1.807, 2.05) is 0 Å². The number of carbonyl (C=O) groups is 2. The summed E-state index contributed by atoms with van der Waals surface area (Å²) in [4.78, 5) is 25.8. The molecule has 0 radical (unpaired) electrons. The van der Waals surface area contributed by atoms with E-state index in [1.165, 1.54) is 36.8 Å². The summed E-state index contributed by atoms with van der Waals surface area (Å²) in [5.41, 5.74) is 2.38. The Morgan fingerprint density at radius 1 is 1.12 bits per heavy atom. The molecule has 0 aromatic heterocycles. The Balaban J connectivity index is 2.08. The Morgan fingerprint density at radius 3 is 2.33 bits per heavy atom. The standard InChI is InChI=1S/C19H28N2O3/c1-3-24-19(23)18(22)20-14-17(16-10-8-15(2)9-11-16)21-12-6-4-5-7-13-21/h8-11,17H,3-7,12-14H2,1-2H3,(H,20,22). The summed E-state index contributed by atoms with van der Waals surface area (Å²) in [7, 11) is 0. The average Bonchev–Trinajstić information content (AvgIpc) is 2.86. The van der Waals surface area contributed by atoms with Crippen molar-refractivity contribution in [2.75, 3.05) is 26.2 Å². The van der Waals surface area contributed by atoms with Crippen LogP contribution in [-0.2, 0) is 14.3 Å². The highest BCUT2D eigenvalue weighted by atomic mass is 16.5. The predicted octanol–water partition coefficient (Wildman–Crippen LogP) is 2.59. The van der Waals surface area contributed by atoms with E-state index in [1.54, 1.807) is 6.92 Å². The van der Waals surface area contributed by atoms with E-state index in [-0.39, 0.29) is 12.6 Å². The van der Waals surface area contributed by atoms with E-state index < -0.39 is 11.9 Å². The van der Waals surface area contributed by atoms with Crippen LogP contribution in [0, 0.1) is 6.92 Å². The predicted molar refractivity (Wildman–Crippen MR) is 93.6 cm³/mol. The van der Waals surface area contributed by atoms with E-state index in [4.69, 9.17) is 4.74 Å². The Hall–Kier alpha value is -1.88. The van der Waals surface area contributed by atoms with Gasteiger partial charge in [-0.15, -0.1) is 0 Å². The average molecular weight is 332 g/mol. The molecule has 2 rings (SSSR count). The van der Waals surface area contributed by atoms with E-state index in [0.717, 1.165) is 13.1 Å². The zero-order chi connectivity index (χ0) is 17.4. The molecule has 1 atom stereocenters. The molecule has 24 heavy (non-hydrogen) atoms. The molecule has 1 unspecified atom stereocenters. The van der Waals surface area contributed by atoms with Gasteiger partial charge in [-0.3, -0.25) is 9.69 Å². The van der Waals surface area contributed by atoms with Crippen LogP contribution in [0.2, 0.25) is 0 Å². The zero-order valence-electron chi connectivity index (χ0n) is 14.7. The molecule has 1 aliphatic rings. The van der Waals surface area contributed by atoms with Crippen LogP contribution < -0.4 is 5.32 Å². The minimum absolute atomic E-state index is 0.0853. The molecule has 1 aromatic rings. The molecule has 1 aromatic carbocycles. The number of nitrogens with one attached hydrogen (secondary N) is 1. The molecule has 1 heterocycles. The van der Waals surface area contributed by atoms with Gasteiger partial charge in [-0.2, -0.15) is 0 Å². The molecule has 0 spiro atoms. The molecule has 0 aliphatic carbocycles. The molecule has 1 N–H and O–H groups in total.